The Morgan fingerprint density at radius 3 is 2.58 bits per heavy atom. The zero-order valence-electron chi connectivity index (χ0n) is 13.2. The van der Waals surface area contributed by atoms with Gasteiger partial charge in [0.1, 0.15) is 11.6 Å². The number of benzene rings is 1. The molecule has 1 aromatic carbocycles. The predicted octanol–water partition coefficient (Wildman–Crippen LogP) is 4.84. The van der Waals surface area contributed by atoms with E-state index in [4.69, 9.17) is 4.52 Å². The van der Waals surface area contributed by atoms with Crippen molar-refractivity contribution >= 4 is 11.0 Å². The summed E-state index contributed by atoms with van der Waals surface area (Å²) in [4.78, 5) is 12.2. The van der Waals surface area contributed by atoms with Crippen LogP contribution in [-0.2, 0) is 0 Å². The smallest absolute Gasteiger partial charge is 0.141 e. The average molecular weight is 320 g/mol. The minimum Gasteiger partial charge on any atom is -0.361 e. The van der Waals surface area contributed by atoms with E-state index in [9.17, 15) is 0 Å². The molecular formula is C19H20N4O. The third-order valence-corrected chi connectivity index (χ3v) is 4.00. The number of aryl methyl sites for hydroxylation is 3. The van der Waals surface area contributed by atoms with Crippen molar-refractivity contribution in [3.63, 3.8) is 0 Å². The molecule has 0 saturated heterocycles. The molecule has 0 radical (unpaired) electrons. The molecule has 0 bridgehead atoms. The fraction of sp³-hybridized carbons (Fsp3) is 0.211. The summed E-state index contributed by atoms with van der Waals surface area (Å²) in [6.07, 6.45) is 3.63. The van der Waals surface area contributed by atoms with Crippen LogP contribution in [0.4, 0.5) is 0 Å². The van der Waals surface area contributed by atoms with Gasteiger partial charge in [-0.3, -0.25) is 4.98 Å². The summed E-state index contributed by atoms with van der Waals surface area (Å²) in [5.41, 5.74) is 7.02. The number of nitrogens with one attached hydrogen (secondary N) is 1. The molecule has 122 valence electrons. The number of hydrogen-bond donors (Lipinski definition) is 1. The van der Waals surface area contributed by atoms with Gasteiger partial charge >= 0.3 is 0 Å². The van der Waals surface area contributed by atoms with Crippen LogP contribution in [0.1, 0.15) is 24.7 Å². The molecule has 0 fully saturated rings. The van der Waals surface area contributed by atoms with Gasteiger partial charge in [0.2, 0.25) is 0 Å². The summed E-state index contributed by atoms with van der Waals surface area (Å²) >= 11 is 0. The fourth-order valence-corrected chi connectivity index (χ4v) is 3.02. The summed E-state index contributed by atoms with van der Waals surface area (Å²) in [5.74, 6) is 1.70. The van der Waals surface area contributed by atoms with Gasteiger partial charge in [0.15, 0.2) is 0 Å². The molecule has 0 saturated carbocycles. The van der Waals surface area contributed by atoms with Gasteiger partial charge < -0.3 is 9.51 Å². The Balaban J connectivity index is 0.00000169. The number of aromatic amines is 1. The Hall–Kier alpha value is -2.95. The van der Waals surface area contributed by atoms with E-state index in [0.717, 1.165) is 50.6 Å². The fourth-order valence-electron chi connectivity index (χ4n) is 3.02. The van der Waals surface area contributed by atoms with Crippen LogP contribution in [0.25, 0.3) is 33.3 Å². The Labute approximate surface area is 140 Å². The summed E-state index contributed by atoms with van der Waals surface area (Å²) < 4.78 is 5.32. The van der Waals surface area contributed by atoms with Gasteiger partial charge in [0, 0.05) is 29.1 Å². The topological polar surface area (TPSA) is 67.6 Å². The van der Waals surface area contributed by atoms with Gasteiger partial charge in [-0.25, -0.2) is 4.98 Å². The van der Waals surface area contributed by atoms with Crippen molar-refractivity contribution in [3.05, 3.63) is 53.9 Å². The highest BCUT2D eigenvalue weighted by Crippen LogP contribution is 2.35. The second-order valence-corrected chi connectivity index (χ2v) is 5.68. The lowest BCUT2D eigenvalue weighted by Gasteiger charge is -2.07. The van der Waals surface area contributed by atoms with E-state index in [-0.39, 0.29) is 7.43 Å². The molecule has 24 heavy (non-hydrogen) atoms. The third-order valence-electron chi connectivity index (χ3n) is 4.00. The molecule has 0 aliphatic carbocycles. The number of H-pyrrole nitrogens is 1. The van der Waals surface area contributed by atoms with Crippen molar-refractivity contribution in [3.8, 4) is 22.3 Å². The zero-order chi connectivity index (χ0) is 16.0. The highest BCUT2D eigenvalue weighted by atomic mass is 16.5. The number of nitrogens with zero attached hydrogens (tertiary/aromatic N) is 3. The number of rotatable bonds is 2. The molecule has 1 N–H and O–H groups in total. The molecule has 4 aromatic rings. The van der Waals surface area contributed by atoms with E-state index in [2.05, 4.69) is 32.2 Å². The highest BCUT2D eigenvalue weighted by molar-refractivity contribution is 5.96. The maximum absolute atomic E-state index is 5.32. The monoisotopic (exact) mass is 320 g/mol. The van der Waals surface area contributed by atoms with Crippen LogP contribution >= 0.6 is 0 Å². The lowest BCUT2D eigenvalue weighted by molar-refractivity contribution is 0.393. The van der Waals surface area contributed by atoms with Crippen molar-refractivity contribution < 1.29 is 4.52 Å². The van der Waals surface area contributed by atoms with Gasteiger partial charge in [0.25, 0.3) is 0 Å². The Kier molecular flexibility index (Phi) is 3.93. The summed E-state index contributed by atoms with van der Waals surface area (Å²) in [6, 6.07) is 8.21. The maximum atomic E-state index is 5.32. The van der Waals surface area contributed by atoms with Crippen molar-refractivity contribution in [2.75, 3.05) is 0 Å². The normalized spacial score (nSPS) is 10.8. The molecule has 0 amide bonds. The Morgan fingerprint density at radius 2 is 1.92 bits per heavy atom. The van der Waals surface area contributed by atoms with Crippen LogP contribution < -0.4 is 0 Å². The van der Waals surface area contributed by atoms with E-state index in [1.165, 1.54) is 0 Å². The SMILES string of the molecule is C.Cc1nc2c(-c3cccnc3)cc(-c3c(C)noc3C)cc2[nH]1. The van der Waals surface area contributed by atoms with Crippen molar-refractivity contribution in [2.45, 2.75) is 28.2 Å². The second kappa shape index (κ2) is 5.92. The number of imidazole rings is 1. The lowest BCUT2D eigenvalue weighted by Crippen LogP contribution is -1.87. The molecule has 0 spiro atoms. The number of fused-ring (bicyclic) bond motifs is 1. The molecule has 3 heterocycles. The maximum Gasteiger partial charge on any atom is 0.141 e. The van der Waals surface area contributed by atoms with Crippen LogP contribution in [0.3, 0.4) is 0 Å². The van der Waals surface area contributed by atoms with E-state index >= 15 is 0 Å². The van der Waals surface area contributed by atoms with Crippen molar-refractivity contribution in [2.24, 2.45) is 0 Å². The van der Waals surface area contributed by atoms with Crippen LogP contribution in [-0.4, -0.2) is 20.1 Å². The Bertz CT molecular complexity index is 980. The molecule has 5 nitrogen and oxygen atoms in total. The number of pyridine rings is 1. The predicted molar refractivity (Wildman–Crippen MR) is 95.8 cm³/mol. The van der Waals surface area contributed by atoms with Gasteiger partial charge in [0.05, 0.1) is 16.7 Å². The first kappa shape index (κ1) is 15.9. The zero-order valence-corrected chi connectivity index (χ0v) is 13.2. The average Bonchev–Trinajstić information content (AvgIpc) is 3.08. The quantitative estimate of drug-likeness (QED) is 0.574. The molecule has 3 aromatic heterocycles. The minimum atomic E-state index is 0. The van der Waals surface area contributed by atoms with Gasteiger partial charge in [-0.2, -0.15) is 0 Å². The van der Waals surface area contributed by atoms with E-state index in [1.54, 1.807) is 6.20 Å². The first-order chi connectivity index (χ1) is 11.1. The number of hydrogen-bond acceptors (Lipinski definition) is 4. The summed E-state index contributed by atoms with van der Waals surface area (Å²) in [6.45, 7) is 5.85. The van der Waals surface area contributed by atoms with Crippen molar-refractivity contribution in [1.82, 2.24) is 20.1 Å². The molecular weight excluding hydrogens is 300 g/mol. The standard InChI is InChI=1S/C18H16N4O.CH4/c1-10-17(11(2)23-22-10)14-7-15(13-5-4-6-19-9-13)18-16(8-14)20-12(3)21-18;/h4-9H,1-3H3,(H,20,21);1H4. The highest BCUT2D eigenvalue weighted by Gasteiger charge is 2.16. The van der Waals surface area contributed by atoms with E-state index < -0.39 is 0 Å². The van der Waals surface area contributed by atoms with Gasteiger partial charge in [-0.15, -0.1) is 0 Å². The van der Waals surface area contributed by atoms with Crippen LogP contribution in [0.15, 0.2) is 41.2 Å². The molecule has 0 aliphatic rings. The van der Waals surface area contributed by atoms with E-state index in [0.29, 0.717) is 0 Å². The molecule has 0 aliphatic heterocycles. The third kappa shape index (κ3) is 2.48. The lowest BCUT2D eigenvalue weighted by atomic mass is 9.97. The van der Waals surface area contributed by atoms with Crippen molar-refractivity contribution in [1.29, 1.82) is 0 Å². The summed E-state index contributed by atoms with van der Waals surface area (Å²) in [7, 11) is 0. The van der Waals surface area contributed by atoms with E-state index in [1.807, 2.05) is 39.1 Å². The molecule has 5 heteroatoms. The molecule has 0 atom stereocenters. The largest absolute Gasteiger partial charge is 0.361 e. The Morgan fingerprint density at radius 1 is 1.08 bits per heavy atom. The van der Waals surface area contributed by atoms with Crippen LogP contribution in [0, 0.1) is 20.8 Å². The number of aromatic nitrogens is 4. The van der Waals surface area contributed by atoms with Gasteiger partial charge in [-0.05, 0) is 44.5 Å². The first-order valence-electron chi connectivity index (χ1n) is 7.47. The molecule has 0 unspecified atom stereocenters. The van der Waals surface area contributed by atoms with Gasteiger partial charge in [-0.1, -0.05) is 18.6 Å². The van der Waals surface area contributed by atoms with Crippen LogP contribution in [0.2, 0.25) is 0 Å². The first-order valence-corrected chi connectivity index (χ1v) is 7.47. The molecule has 4 rings (SSSR count). The second-order valence-electron chi connectivity index (χ2n) is 5.68. The summed E-state index contributed by atoms with van der Waals surface area (Å²) in [5, 5.41) is 4.07. The van der Waals surface area contributed by atoms with Crippen LogP contribution in [0.5, 0.6) is 0 Å². The minimum absolute atomic E-state index is 0.